The number of aliphatic hydroxyl groups is 1. The Kier molecular flexibility index (Phi) is 5.10. The first-order valence-corrected chi connectivity index (χ1v) is 7.08. The zero-order valence-electron chi connectivity index (χ0n) is 12.4. The maximum absolute atomic E-state index is 10.2. The fourth-order valence-corrected chi connectivity index (χ4v) is 1.86. The maximum Gasteiger partial charge on any atom is 0.389 e. The lowest BCUT2D eigenvalue weighted by molar-refractivity contribution is -0.389. The SMILES string of the molecule is CO.Nc1ccn(C2CC2)n1.O=[N+]([O-])c1ccn(C2CC2)n1. The Hall–Kier alpha value is -2.42. The molecule has 0 aliphatic heterocycles. The maximum atomic E-state index is 10.2. The predicted molar refractivity (Wildman–Crippen MR) is 80.2 cm³/mol. The monoisotopic (exact) mass is 308 g/mol. The van der Waals surface area contributed by atoms with Crippen LogP contribution in [0.3, 0.4) is 0 Å². The van der Waals surface area contributed by atoms with E-state index in [4.69, 9.17) is 10.8 Å². The Bertz CT molecular complexity index is 615. The second-order valence-electron chi connectivity index (χ2n) is 5.09. The fourth-order valence-electron chi connectivity index (χ4n) is 1.86. The van der Waals surface area contributed by atoms with Crippen molar-refractivity contribution in [3.05, 3.63) is 34.6 Å². The van der Waals surface area contributed by atoms with Gasteiger partial charge in [-0.25, -0.2) is 0 Å². The zero-order valence-corrected chi connectivity index (χ0v) is 12.4. The van der Waals surface area contributed by atoms with Gasteiger partial charge in [0.25, 0.3) is 0 Å². The molecular formula is C13H20N6O3. The second kappa shape index (κ2) is 7.03. The van der Waals surface area contributed by atoms with Crippen molar-refractivity contribution in [3.8, 4) is 0 Å². The Morgan fingerprint density at radius 2 is 1.64 bits per heavy atom. The van der Waals surface area contributed by atoms with Crippen LogP contribution in [-0.4, -0.2) is 36.7 Å². The summed E-state index contributed by atoms with van der Waals surface area (Å²) in [6, 6.07) is 4.34. The van der Waals surface area contributed by atoms with Gasteiger partial charge in [0, 0.05) is 13.3 Å². The van der Waals surface area contributed by atoms with Gasteiger partial charge in [-0.1, -0.05) is 0 Å². The summed E-state index contributed by atoms with van der Waals surface area (Å²) in [6.07, 6.45) is 8.32. The Labute approximate surface area is 127 Å². The average molecular weight is 308 g/mol. The van der Waals surface area contributed by atoms with Crippen LogP contribution in [0.4, 0.5) is 11.6 Å². The quantitative estimate of drug-likeness (QED) is 0.654. The van der Waals surface area contributed by atoms with Crippen molar-refractivity contribution in [2.45, 2.75) is 37.8 Å². The van der Waals surface area contributed by atoms with Crippen LogP contribution >= 0.6 is 0 Å². The zero-order chi connectivity index (χ0) is 16.1. The van der Waals surface area contributed by atoms with Gasteiger partial charge in [0.2, 0.25) is 0 Å². The molecule has 22 heavy (non-hydrogen) atoms. The smallest absolute Gasteiger partial charge is 0.389 e. The number of hydrogen-bond donors (Lipinski definition) is 2. The largest absolute Gasteiger partial charge is 0.400 e. The van der Waals surface area contributed by atoms with E-state index in [2.05, 4.69) is 10.2 Å². The first kappa shape index (κ1) is 16.0. The van der Waals surface area contributed by atoms with Crippen LogP contribution < -0.4 is 5.73 Å². The van der Waals surface area contributed by atoms with Crippen LogP contribution in [0.25, 0.3) is 0 Å². The molecule has 2 saturated carbocycles. The number of aromatic nitrogens is 4. The summed E-state index contributed by atoms with van der Waals surface area (Å²) in [7, 11) is 1.00. The third kappa shape index (κ3) is 4.29. The summed E-state index contributed by atoms with van der Waals surface area (Å²) in [4.78, 5) is 9.71. The molecule has 2 aliphatic rings. The number of nitrogens with zero attached hydrogens (tertiary/aromatic N) is 5. The number of anilines is 1. The summed E-state index contributed by atoms with van der Waals surface area (Å²) in [5.41, 5.74) is 5.41. The number of aliphatic hydroxyl groups excluding tert-OH is 1. The van der Waals surface area contributed by atoms with E-state index in [1.165, 1.54) is 18.9 Å². The Morgan fingerprint density at radius 3 is 2.00 bits per heavy atom. The molecule has 4 rings (SSSR count). The summed E-state index contributed by atoms with van der Waals surface area (Å²) in [6.45, 7) is 0. The highest BCUT2D eigenvalue weighted by atomic mass is 16.6. The van der Waals surface area contributed by atoms with E-state index in [0.717, 1.165) is 20.0 Å². The standard InChI is InChI=1S/C6H7N3O2.C6H9N3.CH4O/c10-9(11)6-3-4-8(7-6)5-1-2-5;7-6-3-4-9(8-6)5-1-2-5;1-2/h3-5H,1-2H2;3-5H,1-2H2,(H2,7,8);2H,1H3. The highest BCUT2D eigenvalue weighted by molar-refractivity contribution is 5.24. The van der Waals surface area contributed by atoms with Crippen LogP contribution in [-0.2, 0) is 0 Å². The molecule has 0 unspecified atom stereocenters. The summed E-state index contributed by atoms with van der Waals surface area (Å²) >= 11 is 0. The summed E-state index contributed by atoms with van der Waals surface area (Å²) in [5.74, 6) is 0.568. The van der Waals surface area contributed by atoms with Crippen LogP contribution in [0.15, 0.2) is 24.5 Å². The van der Waals surface area contributed by atoms with Gasteiger partial charge in [-0.2, -0.15) is 9.78 Å². The molecule has 2 aromatic rings. The highest BCUT2D eigenvalue weighted by Crippen LogP contribution is 2.34. The molecule has 9 heteroatoms. The van der Waals surface area contributed by atoms with Crippen LogP contribution in [0.5, 0.6) is 0 Å². The van der Waals surface area contributed by atoms with E-state index < -0.39 is 4.92 Å². The molecule has 0 atom stereocenters. The number of nitrogens with two attached hydrogens (primary N) is 1. The van der Waals surface area contributed by atoms with Gasteiger partial charge in [-0.3, -0.25) is 4.68 Å². The molecule has 3 N–H and O–H groups in total. The Balaban J connectivity index is 0.000000146. The van der Waals surface area contributed by atoms with Crippen molar-refractivity contribution in [2.24, 2.45) is 0 Å². The van der Waals surface area contributed by atoms with Gasteiger partial charge in [0.15, 0.2) is 0 Å². The van der Waals surface area contributed by atoms with Crippen LogP contribution in [0.2, 0.25) is 0 Å². The molecule has 9 nitrogen and oxygen atoms in total. The first-order chi connectivity index (χ1) is 10.6. The molecular weight excluding hydrogens is 288 g/mol. The summed E-state index contributed by atoms with van der Waals surface area (Å²) < 4.78 is 3.60. The van der Waals surface area contributed by atoms with E-state index in [-0.39, 0.29) is 5.82 Å². The minimum absolute atomic E-state index is 0.0584. The molecule has 0 saturated heterocycles. The molecule has 0 spiro atoms. The molecule has 0 aromatic carbocycles. The van der Waals surface area contributed by atoms with Gasteiger partial charge in [0.1, 0.15) is 5.82 Å². The van der Waals surface area contributed by atoms with E-state index >= 15 is 0 Å². The van der Waals surface area contributed by atoms with E-state index in [0.29, 0.717) is 17.9 Å². The second-order valence-corrected chi connectivity index (χ2v) is 5.09. The van der Waals surface area contributed by atoms with Crippen molar-refractivity contribution in [3.63, 3.8) is 0 Å². The first-order valence-electron chi connectivity index (χ1n) is 7.08. The van der Waals surface area contributed by atoms with Gasteiger partial charge in [-0.15, -0.1) is 0 Å². The van der Waals surface area contributed by atoms with Gasteiger partial charge in [-0.05, 0) is 36.7 Å². The third-order valence-corrected chi connectivity index (χ3v) is 3.25. The van der Waals surface area contributed by atoms with E-state index in [1.54, 1.807) is 10.9 Å². The lowest BCUT2D eigenvalue weighted by Crippen LogP contribution is -1.95. The molecule has 120 valence electrons. The molecule has 0 amide bonds. The third-order valence-electron chi connectivity index (χ3n) is 3.25. The van der Waals surface area contributed by atoms with Gasteiger partial charge in [0.05, 0.1) is 29.4 Å². The number of hydrogen-bond acceptors (Lipinski definition) is 6. The van der Waals surface area contributed by atoms with Crippen LogP contribution in [0.1, 0.15) is 37.8 Å². The number of rotatable bonds is 3. The molecule has 2 aromatic heterocycles. The van der Waals surface area contributed by atoms with Crippen molar-refractivity contribution in [1.82, 2.24) is 19.6 Å². The highest BCUT2D eigenvalue weighted by Gasteiger charge is 2.28. The minimum atomic E-state index is -0.473. The lowest BCUT2D eigenvalue weighted by atomic mass is 10.6. The normalized spacial score (nSPS) is 16.1. The predicted octanol–water partition coefficient (Wildman–Crippen LogP) is 1.53. The average Bonchev–Trinajstić information content (AvgIpc) is 3.46. The van der Waals surface area contributed by atoms with E-state index in [9.17, 15) is 10.1 Å². The molecule has 2 aliphatic carbocycles. The van der Waals surface area contributed by atoms with E-state index in [1.807, 2.05) is 16.9 Å². The van der Waals surface area contributed by atoms with Crippen LogP contribution in [0, 0.1) is 10.1 Å². The van der Waals surface area contributed by atoms with Gasteiger partial charge < -0.3 is 21.0 Å². The van der Waals surface area contributed by atoms with Crippen molar-refractivity contribution >= 4 is 11.6 Å². The lowest BCUT2D eigenvalue weighted by Gasteiger charge is -1.91. The van der Waals surface area contributed by atoms with Gasteiger partial charge >= 0.3 is 5.82 Å². The molecule has 2 fully saturated rings. The molecule has 0 bridgehead atoms. The topological polar surface area (TPSA) is 125 Å². The molecule has 2 heterocycles. The number of nitro groups is 1. The summed E-state index contributed by atoms with van der Waals surface area (Å²) in [5, 5.41) is 25.0. The minimum Gasteiger partial charge on any atom is -0.400 e. The number of nitrogen functional groups attached to an aromatic ring is 1. The van der Waals surface area contributed by atoms with Crippen molar-refractivity contribution < 1.29 is 10.0 Å². The van der Waals surface area contributed by atoms with Crippen molar-refractivity contribution in [1.29, 1.82) is 0 Å². The Morgan fingerprint density at radius 1 is 1.14 bits per heavy atom. The fraction of sp³-hybridized carbons (Fsp3) is 0.538. The van der Waals surface area contributed by atoms with Crippen molar-refractivity contribution in [2.75, 3.05) is 12.8 Å². The molecule has 0 radical (unpaired) electrons.